The van der Waals surface area contributed by atoms with E-state index in [2.05, 4.69) is 15.3 Å². The van der Waals surface area contributed by atoms with Crippen LogP contribution in [0.25, 0.3) is 0 Å². The van der Waals surface area contributed by atoms with E-state index >= 15 is 0 Å². The molecule has 0 aliphatic rings. The van der Waals surface area contributed by atoms with Crippen molar-refractivity contribution in [2.75, 3.05) is 17.7 Å². The van der Waals surface area contributed by atoms with Crippen molar-refractivity contribution in [1.82, 2.24) is 9.97 Å². The van der Waals surface area contributed by atoms with Crippen LogP contribution in [-0.2, 0) is 9.53 Å². The van der Waals surface area contributed by atoms with Gasteiger partial charge in [0, 0.05) is 12.4 Å². The monoisotopic (exact) mass is 330 g/mol. The molecule has 0 aliphatic carbocycles. The van der Waals surface area contributed by atoms with E-state index in [-0.39, 0.29) is 11.5 Å². The summed E-state index contributed by atoms with van der Waals surface area (Å²) in [5.41, 5.74) is 5.92. The van der Waals surface area contributed by atoms with Gasteiger partial charge in [0.05, 0.1) is 12.3 Å². The molecule has 2 aromatic rings. The number of aromatic nitrogens is 2. The van der Waals surface area contributed by atoms with Crippen LogP contribution in [0.5, 0.6) is 5.75 Å². The van der Waals surface area contributed by atoms with E-state index in [0.29, 0.717) is 18.0 Å². The first-order chi connectivity index (χ1) is 11.5. The largest absolute Gasteiger partial charge is 0.492 e. The predicted molar refractivity (Wildman–Crippen MR) is 87.6 cm³/mol. The molecule has 3 N–H and O–H groups in total. The van der Waals surface area contributed by atoms with Crippen LogP contribution in [0.2, 0.25) is 0 Å². The number of nitrogens with two attached hydrogens (primary N) is 1. The van der Waals surface area contributed by atoms with Crippen molar-refractivity contribution in [3.63, 3.8) is 0 Å². The summed E-state index contributed by atoms with van der Waals surface area (Å²) in [6.07, 6.45) is 1.62. The highest BCUT2D eigenvalue weighted by Gasteiger charge is 2.22. The first-order valence-corrected chi connectivity index (χ1v) is 7.33. The zero-order valence-corrected chi connectivity index (χ0v) is 13.4. The van der Waals surface area contributed by atoms with Gasteiger partial charge in [0.15, 0.2) is 17.6 Å². The number of hydrogen-bond donors (Lipinski definition) is 2. The zero-order valence-electron chi connectivity index (χ0n) is 13.4. The summed E-state index contributed by atoms with van der Waals surface area (Å²) in [4.78, 5) is 31.8. The van der Waals surface area contributed by atoms with Crippen molar-refractivity contribution in [2.24, 2.45) is 0 Å². The average Bonchev–Trinajstić information content (AvgIpc) is 2.57. The number of anilines is 2. The average molecular weight is 330 g/mol. The van der Waals surface area contributed by atoms with Crippen molar-refractivity contribution in [1.29, 1.82) is 0 Å². The first kappa shape index (κ1) is 17.2. The molecule has 0 aliphatic heterocycles. The lowest BCUT2D eigenvalue weighted by Crippen LogP contribution is -2.30. The molecule has 1 aromatic carbocycles. The van der Waals surface area contributed by atoms with E-state index in [4.69, 9.17) is 15.2 Å². The van der Waals surface area contributed by atoms with Crippen LogP contribution in [0.3, 0.4) is 0 Å². The maximum absolute atomic E-state index is 12.2. The van der Waals surface area contributed by atoms with Gasteiger partial charge >= 0.3 is 5.97 Å². The molecule has 1 aromatic heterocycles. The minimum atomic E-state index is -1.05. The van der Waals surface area contributed by atoms with Gasteiger partial charge < -0.3 is 20.5 Å². The number of nitrogens with one attached hydrogen (secondary N) is 1. The number of hydrogen-bond acceptors (Lipinski definition) is 7. The maximum Gasteiger partial charge on any atom is 0.361 e. The Labute approximate surface area is 139 Å². The van der Waals surface area contributed by atoms with Gasteiger partial charge in [0.2, 0.25) is 0 Å². The van der Waals surface area contributed by atoms with Crippen LogP contribution in [0, 0.1) is 0 Å². The second-order valence-corrected chi connectivity index (χ2v) is 4.76. The van der Waals surface area contributed by atoms with Gasteiger partial charge in [-0.1, -0.05) is 12.1 Å². The van der Waals surface area contributed by atoms with E-state index < -0.39 is 18.0 Å². The smallest absolute Gasteiger partial charge is 0.361 e. The summed E-state index contributed by atoms with van der Waals surface area (Å²) in [6, 6.07) is 6.98. The number of ether oxygens (including phenoxy) is 2. The first-order valence-electron chi connectivity index (χ1n) is 7.33. The number of nitrogens with zero attached hydrogens (tertiary/aromatic N) is 2. The molecule has 24 heavy (non-hydrogen) atoms. The molecule has 0 spiro atoms. The zero-order chi connectivity index (χ0) is 17.5. The second-order valence-electron chi connectivity index (χ2n) is 4.76. The lowest BCUT2D eigenvalue weighted by molar-refractivity contribution is -0.123. The minimum Gasteiger partial charge on any atom is -0.492 e. The van der Waals surface area contributed by atoms with Crippen molar-refractivity contribution in [3.05, 3.63) is 42.4 Å². The van der Waals surface area contributed by atoms with E-state index in [0.717, 1.165) is 0 Å². The number of carbonyl (C=O) groups excluding carboxylic acids is 2. The summed E-state index contributed by atoms with van der Waals surface area (Å²) < 4.78 is 10.5. The fraction of sp³-hybridized carbons (Fsp3) is 0.250. The lowest BCUT2D eigenvalue weighted by Gasteiger charge is -2.15. The predicted octanol–water partition coefficient (Wildman–Crippen LogP) is 1.64. The SMILES string of the molecule is CCOc1ccccc1NC(=O)C(C)OC(=O)c1nccnc1N. The number of amides is 1. The quantitative estimate of drug-likeness (QED) is 0.773. The molecule has 1 amide bonds. The third-order valence-electron chi connectivity index (χ3n) is 3.02. The topological polar surface area (TPSA) is 116 Å². The third-order valence-corrected chi connectivity index (χ3v) is 3.02. The van der Waals surface area contributed by atoms with Crippen molar-refractivity contribution >= 4 is 23.4 Å². The number of para-hydroxylation sites is 2. The molecule has 1 unspecified atom stereocenters. The molecule has 0 bridgehead atoms. The summed E-state index contributed by atoms with van der Waals surface area (Å²) >= 11 is 0. The van der Waals surface area contributed by atoms with Gasteiger partial charge in [-0.15, -0.1) is 0 Å². The lowest BCUT2D eigenvalue weighted by atomic mass is 10.2. The highest BCUT2D eigenvalue weighted by Crippen LogP contribution is 2.24. The molecule has 0 saturated carbocycles. The van der Waals surface area contributed by atoms with Gasteiger partial charge in [-0.3, -0.25) is 4.79 Å². The molecular formula is C16H18N4O4. The van der Waals surface area contributed by atoms with Crippen LogP contribution in [-0.4, -0.2) is 34.6 Å². The standard InChI is InChI=1S/C16H18N4O4/c1-3-23-12-7-5-4-6-11(12)20-15(21)10(2)24-16(22)13-14(17)19-9-8-18-13/h4-10H,3H2,1-2H3,(H2,17,19)(H,20,21). The van der Waals surface area contributed by atoms with Crippen LogP contribution in [0.15, 0.2) is 36.7 Å². The highest BCUT2D eigenvalue weighted by atomic mass is 16.5. The van der Waals surface area contributed by atoms with Gasteiger partial charge in [-0.25, -0.2) is 14.8 Å². The van der Waals surface area contributed by atoms with E-state index in [1.165, 1.54) is 19.3 Å². The summed E-state index contributed by atoms with van der Waals surface area (Å²) in [7, 11) is 0. The summed E-state index contributed by atoms with van der Waals surface area (Å²) in [5, 5.41) is 2.66. The molecule has 8 heteroatoms. The van der Waals surface area contributed by atoms with Crippen molar-refractivity contribution in [2.45, 2.75) is 20.0 Å². The Hall–Kier alpha value is -3.16. The van der Waals surface area contributed by atoms with Crippen LogP contribution >= 0.6 is 0 Å². The number of esters is 1. The molecule has 1 atom stereocenters. The molecule has 0 saturated heterocycles. The Morgan fingerprint density at radius 1 is 1.25 bits per heavy atom. The van der Waals surface area contributed by atoms with Gasteiger partial charge in [0.25, 0.3) is 5.91 Å². The van der Waals surface area contributed by atoms with Gasteiger partial charge in [-0.05, 0) is 26.0 Å². The van der Waals surface area contributed by atoms with Gasteiger partial charge in [0.1, 0.15) is 5.75 Å². The van der Waals surface area contributed by atoms with E-state index in [1.54, 1.807) is 24.3 Å². The van der Waals surface area contributed by atoms with Crippen LogP contribution in [0.1, 0.15) is 24.3 Å². The Kier molecular flexibility index (Phi) is 5.67. The molecule has 126 valence electrons. The molecule has 0 radical (unpaired) electrons. The maximum atomic E-state index is 12.2. The molecule has 8 nitrogen and oxygen atoms in total. The van der Waals surface area contributed by atoms with Gasteiger partial charge in [-0.2, -0.15) is 0 Å². The summed E-state index contributed by atoms with van der Waals surface area (Å²) in [5.74, 6) is -0.846. The van der Waals surface area contributed by atoms with E-state index in [1.807, 2.05) is 6.92 Å². The number of benzene rings is 1. The molecule has 0 fully saturated rings. The Morgan fingerprint density at radius 3 is 2.67 bits per heavy atom. The number of rotatable bonds is 6. The number of carbonyl (C=O) groups is 2. The van der Waals surface area contributed by atoms with Crippen molar-refractivity contribution < 1.29 is 19.1 Å². The molecule has 2 rings (SSSR count). The fourth-order valence-corrected chi connectivity index (χ4v) is 1.86. The Morgan fingerprint density at radius 2 is 1.96 bits per heavy atom. The minimum absolute atomic E-state index is 0.0585. The van der Waals surface area contributed by atoms with Crippen LogP contribution in [0.4, 0.5) is 11.5 Å². The Bertz CT molecular complexity index is 736. The number of nitrogen functional groups attached to an aromatic ring is 1. The second kappa shape index (κ2) is 7.91. The fourth-order valence-electron chi connectivity index (χ4n) is 1.86. The molecular weight excluding hydrogens is 312 g/mol. The highest BCUT2D eigenvalue weighted by molar-refractivity contribution is 5.98. The normalized spacial score (nSPS) is 11.4. The van der Waals surface area contributed by atoms with E-state index in [9.17, 15) is 9.59 Å². The molecule has 1 heterocycles. The Balaban J connectivity index is 2.03. The third kappa shape index (κ3) is 4.19. The summed E-state index contributed by atoms with van der Waals surface area (Å²) in [6.45, 7) is 3.75. The van der Waals surface area contributed by atoms with Crippen LogP contribution < -0.4 is 15.8 Å². The van der Waals surface area contributed by atoms with Crippen molar-refractivity contribution in [3.8, 4) is 5.75 Å².